The monoisotopic (exact) mass is 287 g/mol. The highest BCUT2D eigenvalue weighted by molar-refractivity contribution is 6.01. The Bertz CT molecular complexity index is 547. The Morgan fingerprint density at radius 3 is 2.76 bits per heavy atom. The van der Waals surface area contributed by atoms with E-state index in [0.29, 0.717) is 12.3 Å². The number of hydrogen-bond acceptors (Lipinski definition) is 4. The van der Waals surface area contributed by atoms with Gasteiger partial charge in [-0.15, -0.1) is 0 Å². The van der Waals surface area contributed by atoms with E-state index in [1.807, 2.05) is 20.2 Å². The fraction of sp³-hybridized carbons (Fsp3) is 0.500. The molecule has 1 saturated carbocycles. The van der Waals surface area contributed by atoms with Crippen LogP contribution in [0, 0.1) is 11.3 Å². The molecule has 0 aromatic carbocycles. The van der Waals surface area contributed by atoms with Crippen molar-refractivity contribution in [3.8, 4) is 6.07 Å². The zero-order valence-corrected chi connectivity index (χ0v) is 12.6. The zero-order valence-electron chi connectivity index (χ0n) is 12.6. The molecule has 1 amide bonds. The summed E-state index contributed by atoms with van der Waals surface area (Å²) in [7, 11) is 4.09. The Hall–Kier alpha value is -2.06. The number of nitrogens with zero attached hydrogens (tertiary/aromatic N) is 2. The number of carbonyl (C=O) groups is 1. The fourth-order valence-corrected chi connectivity index (χ4v) is 2.82. The van der Waals surface area contributed by atoms with Crippen molar-refractivity contribution in [1.82, 2.24) is 10.2 Å². The summed E-state index contributed by atoms with van der Waals surface area (Å²) in [5.74, 6) is 0.159. The minimum Gasteiger partial charge on any atom is -0.465 e. The molecule has 1 aromatic heterocycles. The third kappa shape index (κ3) is 3.53. The largest absolute Gasteiger partial charge is 0.465 e. The molecule has 0 aliphatic heterocycles. The quantitative estimate of drug-likeness (QED) is 0.665. The number of rotatable bonds is 5. The molecule has 112 valence electrons. The van der Waals surface area contributed by atoms with Crippen molar-refractivity contribution in [2.45, 2.75) is 31.2 Å². The molecule has 5 nitrogen and oxygen atoms in total. The van der Waals surface area contributed by atoms with Crippen LogP contribution in [0.15, 0.2) is 28.4 Å². The van der Waals surface area contributed by atoms with Gasteiger partial charge in [-0.3, -0.25) is 4.79 Å². The van der Waals surface area contributed by atoms with Crippen LogP contribution in [0.1, 0.15) is 31.4 Å². The third-order valence-electron chi connectivity index (χ3n) is 4.26. The molecule has 21 heavy (non-hydrogen) atoms. The number of amides is 1. The van der Waals surface area contributed by atoms with Gasteiger partial charge in [0, 0.05) is 18.2 Å². The van der Waals surface area contributed by atoms with E-state index in [2.05, 4.69) is 10.2 Å². The summed E-state index contributed by atoms with van der Waals surface area (Å²) < 4.78 is 5.14. The third-order valence-corrected chi connectivity index (χ3v) is 4.26. The van der Waals surface area contributed by atoms with E-state index in [0.717, 1.165) is 12.8 Å². The molecule has 0 spiro atoms. The van der Waals surface area contributed by atoms with E-state index in [-0.39, 0.29) is 17.0 Å². The van der Waals surface area contributed by atoms with E-state index >= 15 is 0 Å². The Kier molecular flexibility index (Phi) is 4.81. The van der Waals surface area contributed by atoms with Gasteiger partial charge in [-0.05, 0) is 39.1 Å². The van der Waals surface area contributed by atoms with E-state index < -0.39 is 0 Å². The molecule has 1 aliphatic rings. The first kappa shape index (κ1) is 15.3. The molecule has 1 aliphatic carbocycles. The van der Waals surface area contributed by atoms with E-state index in [4.69, 9.17) is 9.68 Å². The second-order valence-electron chi connectivity index (χ2n) is 5.69. The number of nitrogens with one attached hydrogen (secondary N) is 1. The van der Waals surface area contributed by atoms with Crippen molar-refractivity contribution in [1.29, 1.82) is 5.26 Å². The molecule has 1 heterocycles. The molecular formula is C16H21N3O2. The van der Waals surface area contributed by atoms with Crippen LogP contribution in [0.2, 0.25) is 0 Å². The van der Waals surface area contributed by atoms with Gasteiger partial charge in [-0.2, -0.15) is 5.26 Å². The van der Waals surface area contributed by atoms with Gasteiger partial charge in [0.15, 0.2) is 0 Å². The average molecular weight is 287 g/mol. The lowest BCUT2D eigenvalue weighted by atomic mass is 9.96. The lowest BCUT2D eigenvalue weighted by Crippen LogP contribution is -2.51. The molecule has 1 fully saturated rings. The molecule has 0 unspecified atom stereocenters. The zero-order chi connectivity index (χ0) is 15.3. The number of carbonyl (C=O) groups excluding carboxylic acids is 1. The number of furan rings is 1. The second-order valence-corrected chi connectivity index (χ2v) is 5.69. The molecule has 0 bridgehead atoms. The topological polar surface area (TPSA) is 69.3 Å². The highest BCUT2D eigenvalue weighted by Gasteiger charge is 2.36. The Balaban J connectivity index is 2.02. The minimum absolute atomic E-state index is 0.0148. The molecule has 0 radical (unpaired) electrons. The Labute approximate surface area is 125 Å². The maximum absolute atomic E-state index is 12.2. The summed E-state index contributed by atoms with van der Waals surface area (Å²) >= 11 is 0. The van der Waals surface area contributed by atoms with Crippen molar-refractivity contribution in [2.75, 3.05) is 20.6 Å². The molecule has 2 rings (SSSR count). The lowest BCUT2D eigenvalue weighted by molar-refractivity contribution is -0.117. The summed E-state index contributed by atoms with van der Waals surface area (Å²) in [6, 6.07) is 5.36. The smallest absolute Gasteiger partial charge is 0.262 e. The molecule has 0 saturated heterocycles. The highest BCUT2D eigenvalue weighted by Crippen LogP contribution is 2.33. The summed E-state index contributed by atoms with van der Waals surface area (Å²) in [6.45, 7) is 0.565. The predicted octanol–water partition coefficient (Wildman–Crippen LogP) is 2.18. The summed E-state index contributed by atoms with van der Waals surface area (Å²) in [6.07, 6.45) is 7.49. The Morgan fingerprint density at radius 1 is 1.52 bits per heavy atom. The molecular weight excluding hydrogens is 266 g/mol. The van der Waals surface area contributed by atoms with Crippen LogP contribution in [0.4, 0.5) is 0 Å². The first-order chi connectivity index (χ1) is 10.1. The van der Waals surface area contributed by atoms with Crippen LogP contribution in [-0.2, 0) is 4.79 Å². The SMILES string of the molecule is CN(C)C1(CNC(=O)C(C#N)=Cc2ccco2)CCCC1. The maximum Gasteiger partial charge on any atom is 0.262 e. The van der Waals surface area contributed by atoms with E-state index in [1.165, 1.54) is 25.2 Å². The van der Waals surface area contributed by atoms with Crippen LogP contribution >= 0.6 is 0 Å². The van der Waals surface area contributed by atoms with E-state index in [9.17, 15) is 4.79 Å². The fourth-order valence-electron chi connectivity index (χ4n) is 2.82. The van der Waals surface area contributed by atoms with Crippen molar-refractivity contribution in [3.05, 3.63) is 29.7 Å². The van der Waals surface area contributed by atoms with Crippen LogP contribution in [0.3, 0.4) is 0 Å². The predicted molar refractivity (Wildman–Crippen MR) is 80.2 cm³/mol. The normalized spacial score (nSPS) is 17.7. The van der Waals surface area contributed by atoms with Crippen LogP contribution in [-0.4, -0.2) is 37.0 Å². The van der Waals surface area contributed by atoms with Gasteiger partial charge in [-0.1, -0.05) is 12.8 Å². The number of hydrogen-bond donors (Lipinski definition) is 1. The van der Waals surface area contributed by atoms with Gasteiger partial charge < -0.3 is 14.6 Å². The van der Waals surface area contributed by atoms with Crippen molar-refractivity contribution < 1.29 is 9.21 Å². The summed E-state index contributed by atoms with van der Waals surface area (Å²) in [5, 5.41) is 12.0. The average Bonchev–Trinajstić information content (AvgIpc) is 3.14. The van der Waals surface area contributed by atoms with Gasteiger partial charge in [-0.25, -0.2) is 0 Å². The molecule has 5 heteroatoms. The molecule has 1 aromatic rings. The van der Waals surface area contributed by atoms with E-state index in [1.54, 1.807) is 12.1 Å². The standard InChI is InChI=1S/C16H21N3O2/c1-19(2)16(7-3-4-8-16)12-18-15(20)13(11-17)10-14-6-5-9-21-14/h5-6,9-10H,3-4,7-8,12H2,1-2H3,(H,18,20). The van der Waals surface area contributed by atoms with Crippen LogP contribution < -0.4 is 5.32 Å². The van der Waals surface area contributed by atoms with Crippen molar-refractivity contribution in [2.24, 2.45) is 0 Å². The lowest BCUT2D eigenvalue weighted by Gasteiger charge is -2.36. The van der Waals surface area contributed by atoms with Crippen molar-refractivity contribution in [3.63, 3.8) is 0 Å². The number of nitriles is 1. The summed E-state index contributed by atoms with van der Waals surface area (Å²) in [4.78, 5) is 14.3. The highest BCUT2D eigenvalue weighted by atomic mass is 16.3. The van der Waals surface area contributed by atoms with Gasteiger partial charge in [0.25, 0.3) is 5.91 Å². The van der Waals surface area contributed by atoms with Crippen LogP contribution in [0.25, 0.3) is 6.08 Å². The van der Waals surface area contributed by atoms with Gasteiger partial charge in [0.2, 0.25) is 0 Å². The first-order valence-corrected chi connectivity index (χ1v) is 7.18. The van der Waals surface area contributed by atoms with Gasteiger partial charge in [0.05, 0.1) is 6.26 Å². The van der Waals surface area contributed by atoms with Crippen LogP contribution in [0.5, 0.6) is 0 Å². The first-order valence-electron chi connectivity index (χ1n) is 7.18. The summed E-state index contributed by atoms with van der Waals surface area (Å²) in [5.41, 5.74) is 0.0813. The van der Waals surface area contributed by atoms with Crippen molar-refractivity contribution >= 4 is 12.0 Å². The number of likely N-dealkylation sites (N-methyl/N-ethyl adjacent to an activating group) is 1. The molecule has 1 N–H and O–H groups in total. The minimum atomic E-state index is -0.345. The maximum atomic E-state index is 12.2. The Morgan fingerprint density at radius 2 is 2.24 bits per heavy atom. The van der Waals surface area contributed by atoms with Gasteiger partial charge >= 0.3 is 0 Å². The molecule has 0 atom stereocenters. The van der Waals surface area contributed by atoms with Gasteiger partial charge in [0.1, 0.15) is 17.4 Å². The second kappa shape index (κ2) is 6.59.